The van der Waals surface area contributed by atoms with E-state index < -0.39 is 28.7 Å². The number of nitrogens with zero attached hydrogens (tertiary/aromatic N) is 1. The summed E-state index contributed by atoms with van der Waals surface area (Å²) in [6, 6.07) is 0. The van der Waals surface area contributed by atoms with Crippen LogP contribution in [0.5, 0.6) is 0 Å². The first-order valence-corrected chi connectivity index (χ1v) is 6.66. The fourth-order valence-electron chi connectivity index (χ4n) is 0.848. The molecule has 0 atom stereocenters. The van der Waals surface area contributed by atoms with Crippen molar-refractivity contribution in [2.45, 2.75) is 19.8 Å². The van der Waals surface area contributed by atoms with Gasteiger partial charge in [-0.15, -0.1) is 0 Å². The van der Waals surface area contributed by atoms with E-state index in [0.29, 0.717) is 17.1 Å². The molecule has 0 aromatic heterocycles. The number of esters is 1. The first kappa shape index (κ1) is 15.7. The molecule has 8 heteroatoms. The van der Waals surface area contributed by atoms with Crippen molar-refractivity contribution in [1.82, 2.24) is 4.31 Å². The number of carbonyl (C=O) groups excluding carboxylic acids is 2. The van der Waals surface area contributed by atoms with Gasteiger partial charge in [-0.1, -0.05) is 13.3 Å². The van der Waals surface area contributed by atoms with E-state index in [1.807, 2.05) is 6.92 Å². The number of hydrogen-bond acceptors (Lipinski definition) is 6. The Kier molecular flexibility index (Phi) is 6.55. The van der Waals surface area contributed by atoms with E-state index in [1.165, 1.54) is 0 Å². The molecule has 0 saturated heterocycles. The van der Waals surface area contributed by atoms with E-state index in [4.69, 9.17) is 0 Å². The minimum absolute atomic E-state index is 0.132. The van der Waals surface area contributed by atoms with Crippen LogP contribution >= 0.6 is 0 Å². The summed E-state index contributed by atoms with van der Waals surface area (Å²) >= 11 is 0. The molecule has 7 nitrogen and oxygen atoms in total. The lowest BCUT2D eigenvalue weighted by Crippen LogP contribution is -2.36. The lowest BCUT2D eigenvalue weighted by molar-refractivity contribution is -0.144. The summed E-state index contributed by atoms with van der Waals surface area (Å²) in [7, 11) is -1.44. The molecular formula is C9H17NO6S. The third-order valence-electron chi connectivity index (χ3n) is 1.97. The summed E-state index contributed by atoms with van der Waals surface area (Å²) in [5.74, 6) is -0.884. The predicted molar refractivity (Wildman–Crippen MR) is 59.8 cm³/mol. The Bertz CT molecular complexity index is 364. The van der Waals surface area contributed by atoms with Gasteiger partial charge in [-0.2, -0.15) is 0 Å². The minimum atomic E-state index is -3.67. The van der Waals surface area contributed by atoms with Crippen LogP contribution in [-0.4, -0.2) is 51.3 Å². The van der Waals surface area contributed by atoms with Crippen molar-refractivity contribution in [3.05, 3.63) is 0 Å². The quantitative estimate of drug-likeness (QED) is 0.645. The zero-order valence-electron chi connectivity index (χ0n) is 10.1. The van der Waals surface area contributed by atoms with E-state index in [1.54, 1.807) is 0 Å². The fourth-order valence-corrected chi connectivity index (χ4v) is 2.05. The Balaban J connectivity index is 4.34. The molecule has 0 fully saturated rings. The molecule has 0 aromatic carbocycles. The summed E-state index contributed by atoms with van der Waals surface area (Å²) < 4.78 is 32.3. The predicted octanol–water partition coefficient (Wildman–Crippen LogP) is 0.358. The number of hydrogen-bond donors (Lipinski definition) is 0. The third kappa shape index (κ3) is 5.53. The molecule has 17 heavy (non-hydrogen) atoms. The fraction of sp³-hybridized carbons (Fsp3) is 0.778. The second-order valence-electron chi connectivity index (χ2n) is 3.27. The van der Waals surface area contributed by atoms with Gasteiger partial charge in [-0.25, -0.2) is 22.3 Å². The van der Waals surface area contributed by atoms with E-state index in [9.17, 15) is 18.0 Å². The molecule has 0 aliphatic rings. The molecule has 0 N–H and O–H groups in total. The number of unbranched alkanes of at least 4 members (excludes halogenated alkanes) is 1. The van der Waals surface area contributed by atoms with Gasteiger partial charge in [0.05, 0.1) is 12.9 Å². The Morgan fingerprint density at radius 3 is 2.35 bits per heavy atom. The zero-order chi connectivity index (χ0) is 13.5. The lowest BCUT2D eigenvalue weighted by Gasteiger charge is -2.16. The van der Waals surface area contributed by atoms with Gasteiger partial charge < -0.3 is 9.47 Å². The second-order valence-corrected chi connectivity index (χ2v) is 5.39. The summed E-state index contributed by atoms with van der Waals surface area (Å²) in [5, 5.41) is 0. The highest BCUT2D eigenvalue weighted by Crippen LogP contribution is 2.04. The maximum Gasteiger partial charge on any atom is 0.423 e. The molecular weight excluding hydrogens is 250 g/mol. The summed E-state index contributed by atoms with van der Waals surface area (Å²) in [5.41, 5.74) is 0. The largest absolute Gasteiger partial charge is 0.466 e. The number of methoxy groups -OCH3 is 1. The van der Waals surface area contributed by atoms with Gasteiger partial charge >= 0.3 is 12.1 Å². The van der Waals surface area contributed by atoms with Crippen LogP contribution < -0.4 is 0 Å². The van der Waals surface area contributed by atoms with Gasteiger partial charge in [0, 0.05) is 7.05 Å². The van der Waals surface area contributed by atoms with Gasteiger partial charge in [0.15, 0.2) is 6.61 Å². The van der Waals surface area contributed by atoms with Gasteiger partial charge in [0.2, 0.25) is 10.0 Å². The van der Waals surface area contributed by atoms with Gasteiger partial charge in [0.25, 0.3) is 0 Å². The Hall–Kier alpha value is -1.31. The Labute approximate surface area is 101 Å². The van der Waals surface area contributed by atoms with E-state index >= 15 is 0 Å². The van der Waals surface area contributed by atoms with Gasteiger partial charge in [-0.05, 0) is 6.42 Å². The van der Waals surface area contributed by atoms with Crippen molar-refractivity contribution in [1.29, 1.82) is 0 Å². The normalized spacial score (nSPS) is 10.8. The number of sulfonamides is 1. The van der Waals surface area contributed by atoms with E-state index in [0.717, 1.165) is 14.2 Å². The van der Waals surface area contributed by atoms with Crippen molar-refractivity contribution >= 4 is 22.1 Å². The molecule has 0 saturated carbocycles. The first-order chi connectivity index (χ1) is 7.85. The average Bonchev–Trinajstić information content (AvgIpc) is 2.31. The maximum absolute atomic E-state index is 11.6. The number of carbonyl (C=O) groups is 2. The summed E-state index contributed by atoms with van der Waals surface area (Å²) in [6.07, 6.45) is 0.0628. The number of rotatable bonds is 6. The van der Waals surface area contributed by atoms with Crippen molar-refractivity contribution < 1.29 is 27.5 Å². The SMILES string of the molecule is CCCCS(=O)(=O)N(C)C(=O)OCC(=O)OC. The molecule has 0 rings (SSSR count). The highest BCUT2D eigenvalue weighted by molar-refractivity contribution is 7.89. The Morgan fingerprint density at radius 1 is 1.29 bits per heavy atom. The standard InChI is InChI=1S/C9H17NO6S/c1-4-5-6-17(13,14)10(2)9(12)16-7-8(11)15-3/h4-7H2,1-3H3. The molecule has 0 unspecified atom stereocenters. The summed E-state index contributed by atoms with van der Waals surface area (Å²) in [6.45, 7) is 1.23. The third-order valence-corrected chi connectivity index (χ3v) is 3.76. The molecule has 0 heterocycles. The van der Waals surface area contributed by atoms with Crippen LogP contribution in [0.15, 0.2) is 0 Å². The summed E-state index contributed by atoms with van der Waals surface area (Å²) in [4.78, 5) is 22.0. The van der Waals surface area contributed by atoms with Crippen LogP contribution in [-0.2, 0) is 24.3 Å². The van der Waals surface area contributed by atoms with Crippen LogP contribution in [0.3, 0.4) is 0 Å². The first-order valence-electron chi connectivity index (χ1n) is 5.05. The van der Waals surface area contributed by atoms with Crippen molar-refractivity contribution in [2.75, 3.05) is 26.5 Å². The highest BCUT2D eigenvalue weighted by atomic mass is 32.2. The van der Waals surface area contributed by atoms with Crippen LogP contribution in [0.1, 0.15) is 19.8 Å². The number of ether oxygens (including phenoxy) is 2. The molecule has 0 radical (unpaired) electrons. The smallest absolute Gasteiger partial charge is 0.423 e. The van der Waals surface area contributed by atoms with Crippen LogP contribution in [0.2, 0.25) is 0 Å². The minimum Gasteiger partial charge on any atom is -0.466 e. The molecule has 0 bridgehead atoms. The van der Waals surface area contributed by atoms with Crippen LogP contribution in [0, 0.1) is 0 Å². The molecule has 0 aliphatic carbocycles. The lowest BCUT2D eigenvalue weighted by atomic mass is 10.4. The van der Waals surface area contributed by atoms with Gasteiger partial charge in [0.1, 0.15) is 0 Å². The number of amides is 1. The van der Waals surface area contributed by atoms with Crippen LogP contribution in [0.25, 0.3) is 0 Å². The molecule has 1 amide bonds. The molecule has 100 valence electrons. The van der Waals surface area contributed by atoms with Gasteiger partial charge in [-0.3, -0.25) is 0 Å². The monoisotopic (exact) mass is 267 g/mol. The van der Waals surface area contributed by atoms with E-state index in [-0.39, 0.29) is 5.75 Å². The zero-order valence-corrected chi connectivity index (χ0v) is 10.9. The maximum atomic E-state index is 11.6. The van der Waals surface area contributed by atoms with Crippen molar-refractivity contribution in [3.63, 3.8) is 0 Å². The molecule has 0 aromatic rings. The van der Waals surface area contributed by atoms with Crippen molar-refractivity contribution in [2.24, 2.45) is 0 Å². The second kappa shape index (κ2) is 7.10. The highest BCUT2D eigenvalue weighted by Gasteiger charge is 2.24. The molecule has 0 aliphatic heterocycles. The average molecular weight is 267 g/mol. The molecule has 0 spiro atoms. The topological polar surface area (TPSA) is 90.0 Å². The van der Waals surface area contributed by atoms with Crippen molar-refractivity contribution in [3.8, 4) is 0 Å². The van der Waals surface area contributed by atoms with Crippen LogP contribution in [0.4, 0.5) is 4.79 Å². The Morgan fingerprint density at radius 2 is 1.88 bits per heavy atom. The van der Waals surface area contributed by atoms with E-state index in [2.05, 4.69) is 9.47 Å².